The van der Waals surface area contributed by atoms with E-state index in [1.54, 1.807) is 26.0 Å². The molecule has 1 aromatic rings. The standard InChI is InChI=1S/C13H20FNO2S/c1-10(2)18(16,17)7-6-12(9-15)11-4-3-5-13(14)8-11/h3-5,8,10,12H,6-7,9,15H2,1-2H3. The van der Waals surface area contributed by atoms with Crippen LogP contribution in [0.15, 0.2) is 24.3 Å². The summed E-state index contributed by atoms with van der Waals surface area (Å²) in [6, 6.07) is 6.17. The van der Waals surface area contributed by atoms with E-state index >= 15 is 0 Å². The Morgan fingerprint density at radius 3 is 2.50 bits per heavy atom. The molecule has 1 aromatic carbocycles. The minimum Gasteiger partial charge on any atom is -0.330 e. The lowest BCUT2D eigenvalue weighted by Crippen LogP contribution is -2.22. The van der Waals surface area contributed by atoms with Gasteiger partial charge < -0.3 is 5.73 Å². The molecule has 18 heavy (non-hydrogen) atoms. The molecule has 0 spiro atoms. The van der Waals surface area contributed by atoms with Crippen molar-refractivity contribution in [3.05, 3.63) is 35.6 Å². The summed E-state index contributed by atoms with van der Waals surface area (Å²) < 4.78 is 36.6. The van der Waals surface area contributed by atoms with Gasteiger partial charge in [0, 0.05) is 0 Å². The largest absolute Gasteiger partial charge is 0.330 e. The van der Waals surface area contributed by atoms with Gasteiger partial charge >= 0.3 is 0 Å². The van der Waals surface area contributed by atoms with Crippen molar-refractivity contribution in [2.24, 2.45) is 5.73 Å². The molecule has 0 aromatic heterocycles. The summed E-state index contributed by atoms with van der Waals surface area (Å²) in [7, 11) is -3.07. The van der Waals surface area contributed by atoms with Gasteiger partial charge in [0.2, 0.25) is 0 Å². The highest BCUT2D eigenvalue weighted by molar-refractivity contribution is 7.91. The molecule has 0 aliphatic carbocycles. The molecule has 0 saturated carbocycles. The van der Waals surface area contributed by atoms with Crippen LogP contribution < -0.4 is 5.73 Å². The van der Waals surface area contributed by atoms with Crippen molar-refractivity contribution in [1.29, 1.82) is 0 Å². The van der Waals surface area contributed by atoms with Gasteiger partial charge in [0.15, 0.2) is 9.84 Å². The fourth-order valence-electron chi connectivity index (χ4n) is 1.72. The molecule has 1 unspecified atom stereocenters. The number of hydrogen-bond donors (Lipinski definition) is 1. The predicted molar refractivity (Wildman–Crippen MR) is 71.7 cm³/mol. The molecule has 0 amide bonds. The summed E-state index contributed by atoms with van der Waals surface area (Å²) >= 11 is 0. The quantitative estimate of drug-likeness (QED) is 0.863. The van der Waals surface area contributed by atoms with Gasteiger partial charge in [-0.15, -0.1) is 0 Å². The maximum Gasteiger partial charge on any atom is 0.152 e. The van der Waals surface area contributed by atoms with Gasteiger partial charge in [0.05, 0.1) is 11.0 Å². The number of halogens is 1. The Kier molecular flexibility index (Phi) is 5.28. The number of hydrogen-bond acceptors (Lipinski definition) is 3. The predicted octanol–water partition coefficient (Wildman–Crippen LogP) is 2.08. The van der Waals surface area contributed by atoms with Crippen molar-refractivity contribution in [1.82, 2.24) is 0 Å². The van der Waals surface area contributed by atoms with Gasteiger partial charge in [-0.25, -0.2) is 12.8 Å². The Bertz CT molecular complexity index is 486. The molecule has 0 saturated heterocycles. The zero-order chi connectivity index (χ0) is 13.8. The van der Waals surface area contributed by atoms with Crippen LogP contribution in [0.3, 0.4) is 0 Å². The molecule has 3 nitrogen and oxygen atoms in total. The number of sulfone groups is 1. The average Bonchev–Trinajstić information content (AvgIpc) is 2.29. The summed E-state index contributed by atoms with van der Waals surface area (Å²) in [5.74, 6) is -0.352. The minimum atomic E-state index is -3.07. The Hall–Kier alpha value is -0.940. The summed E-state index contributed by atoms with van der Waals surface area (Å²) in [6.07, 6.45) is 0.431. The van der Waals surface area contributed by atoms with E-state index in [0.29, 0.717) is 13.0 Å². The fraction of sp³-hybridized carbons (Fsp3) is 0.538. The molecule has 1 rings (SSSR count). The van der Waals surface area contributed by atoms with Gasteiger partial charge in [-0.3, -0.25) is 0 Å². The van der Waals surface area contributed by atoms with Crippen molar-refractivity contribution in [2.45, 2.75) is 31.4 Å². The van der Waals surface area contributed by atoms with Crippen LogP contribution in [-0.2, 0) is 9.84 Å². The summed E-state index contributed by atoms with van der Waals surface area (Å²) in [6.45, 7) is 3.64. The zero-order valence-corrected chi connectivity index (χ0v) is 11.6. The van der Waals surface area contributed by atoms with Crippen LogP contribution >= 0.6 is 0 Å². The van der Waals surface area contributed by atoms with E-state index in [1.807, 2.05) is 0 Å². The Labute approximate surface area is 108 Å². The third kappa shape index (κ3) is 4.07. The molecule has 2 N–H and O–H groups in total. The van der Waals surface area contributed by atoms with E-state index in [1.165, 1.54) is 12.1 Å². The molecule has 0 radical (unpaired) electrons. The smallest absolute Gasteiger partial charge is 0.152 e. The second kappa shape index (κ2) is 6.29. The molecule has 0 heterocycles. The third-order valence-corrected chi connectivity index (χ3v) is 5.31. The van der Waals surface area contributed by atoms with E-state index in [2.05, 4.69) is 0 Å². The summed E-state index contributed by atoms with van der Waals surface area (Å²) in [5, 5.41) is -0.386. The lowest BCUT2D eigenvalue weighted by molar-refractivity contribution is 0.575. The normalized spacial score (nSPS) is 13.8. The van der Waals surface area contributed by atoms with Crippen molar-refractivity contribution >= 4 is 9.84 Å². The molecule has 0 fully saturated rings. The molecule has 0 aliphatic rings. The lowest BCUT2D eigenvalue weighted by atomic mass is 9.97. The van der Waals surface area contributed by atoms with Crippen LogP contribution in [0.25, 0.3) is 0 Å². The maximum absolute atomic E-state index is 13.1. The van der Waals surface area contributed by atoms with E-state index in [4.69, 9.17) is 5.73 Å². The van der Waals surface area contributed by atoms with Gasteiger partial charge in [-0.05, 0) is 50.4 Å². The van der Waals surface area contributed by atoms with Gasteiger partial charge in [0.1, 0.15) is 5.82 Å². The van der Waals surface area contributed by atoms with Crippen LogP contribution in [0.5, 0.6) is 0 Å². The lowest BCUT2D eigenvalue weighted by Gasteiger charge is -2.16. The molecule has 0 aliphatic heterocycles. The number of benzene rings is 1. The Morgan fingerprint density at radius 2 is 2.00 bits per heavy atom. The van der Waals surface area contributed by atoms with E-state index in [0.717, 1.165) is 5.56 Å². The first-order valence-corrected chi connectivity index (χ1v) is 7.75. The Balaban J connectivity index is 2.75. The minimum absolute atomic E-state index is 0.0864. The first-order valence-electron chi connectivity index (χ1n) is 6.04. The van der Waals surface area contributed by atoms with Gasteiger partial charge in [-0.2, -0.15) is 0 Å². The number of nitrogens with two attached hydrogens (primary N) is 1. The van der Waals surface area contributed by atoms with Gasteiger partial charge in [0.25, 0.3) is 0 Å². The highest BCUT2D eigenvalue weighted by Crippen LogP contribution is 2.21. The summed E-state index contributed by atoms with van der Waals surface area (Å²) in [5.41, 5.74) is 6.40. The van der Waals surface area contributed by atoms with E-state index in [-0.39, 0.29) is 22.7 Å². The molecule has 5 heteroatoms. The zero-order valence-electron chi connectivity index (χ0n) is 10.8. The highest BCUT2D eigenvalue weighted by atomic mass is 32.2. The van der Waals surface area contributed by atoms with Gasteiger partial charge in [-0.1, -0.05) is 12.1 Å². The molecular weight excluding hydrogens is 253 g/mol. The number of rotatable bonds is 6. The van der Waals surface area contributed by atoms with Crippen molar-refractivity contribution in [3.63, 3.8) is 0 Å². The SMILES string of the molecule is CC(C)S(=O)(=O)CCC(CN)c1cccc(F)c1. The van der Waals surface area contributed by atoms with Crippen molar-refractivity contribution < 1.29 is 12.8 Å². The highest BCUT2D eigenvalue weighted by Gasteiger charge is 2.19. The molecule has 1 atom stereocenters. The van der Waals surface area contributed by atoms with Crippen LogP contribution in [0.2, 0.25) is 0 Å². The molecule has 0 bridgehead atoms. The van der Waals surface area contributed by atoms with E-state index < -0.39 is 9.84 Å². The Morgan fingerprint density at radius 1 is 1.33 bits per heavy atom. The monoisotopic (exact) mass is 273 g/mol. The first kappa shape index (κ1) is 15.1. The second-order valence-corrected chi connectivity index (χ2v) is 7.37. The fourth-order valence-corrected chi connectivity index (χ4v) is 2.81. The first-order chi connectivity index (χ1) is 8.36. The average molecular weight is 273 g/mol. The maximum atomic E-state index is 13.1. The van der Waals surface area contributed by atoms with Crippen LogP contribution in [0.1, 0.15) is 31.7 Å². The van der Waals surface area contributed by atoms with Crippen molar-refractivity contribution in [2.75, 3.05) is 12.3 Å². The third-order valence-electron chi connectivity index (χ3n) is 3.07. The van der Waals surface area contributed by atoms with Crippen molar-refractivity contribution in [3.8, 4) is 0 Å². The molecule has 102 valence electrons. The van der Waals surface area contributed by atoms with Crippen LogP contribution in [-0.4, -0.2) is 26.0 Å². The topological polar surface area (TPSA) is 60.2 Å². The van der Waals surface area contributed by atoms with Crippen LogP contribution in [0, 0.1) is 5.82 Å². The summed E-state index contributed by atoms with van der Waals surface area (Å²) in [4.78, 5) is 0. The molecular formula is C13H20FNO2S. The second-order valence-electron chi connectivity index (χ2n) is 4.69. The van der Waals surface area contributed by atoms with Crippen LogP contribution in [0.4, 0.5) is 4.39 Å². The van der Waals surface area contributed by atoms with E-state index in [9.17, 15) is 12.8 Å².